The first-order valence-corrected chi connectivity index (χ1v) is 5.44. The number of hydrogen-bond acceptors (Lipinski definition) is 5. The van der Waals surface area contributed by atoms with E-state index in [0.29, 0.717) is 12.4 Å². The molecule has 7 heteroatoms. The second kappa shape index (κ2) is 4.48. The van der Waals surface area contributed by atoms with Crippen molar-refractivity contribution in [2.24, 2.45) is 7.05 Å². The van der Waals surface area contributed by atoms with Crippen LogP contribution in [0.25, 0.3) is 0 Å². The zero-order chi connectivity index (χ0) is 11.5. The Morgan fingerprint density at radius 2 is 2.31 bits per heavy atom. The van der Waals surface area contributed by atoms with Crippen molar-refractivity contribution in [3.63, 3.8) is 0 Å². The van der Waals surface area contributed by atoms with Gasteiger partial charge < -0.3 is 15.6 Å². The van der Waals surface area contributed by atoms with Crippen LogP contribution in [-0.2, 0) is 13.6 Å². The molecule has 0 aliphatic rings. The first-order valence-electron chi connectivity index (χ1n) is 4.65. The van der Waals surface area contributed by atoms with Gasteiger partial charge in [-0.05, 0) is 15.9 Å². The second-order valence-corrected chi connectivity index (χ2v) is 4.09. The molecule has 0 aliphatic heterocycles. The molecule has 0 radical (unpaired) electrons. The molecule has 3 N–H and O–H groups in total. The van der Waals surface area contributed by atoms with E-state index < -0.39 is 0 Å². The number of rotatable bonds is 3. The molecule has 84 valence electrons. The first kappa shape index (κ1) is 10.9. The number of aromatic nitrogens is 4. The summed E-state index contributed by atoms with van der Waals surface area (Å²) in [4.78, 5) is 12.1. The normalized spacial score (nSPS) is 10.4. The van der Waals surface area contributed by atoms with Gasteiger partial charge in [-0.15, -0.1) is 0 Å². The summed E-state index contributed by atoms with van der Waals surface area (Å²) >= 11 is 3.34. The molecular formula is C9H11BrN6. The van der Waals surface area contributed by atoms with Crippen molar-refractivity contribution >= 4 is 27.7 Å². The SMILES string of the molecule is Cn1ccnc1CNc1nc(N)ncc1Br. The number of imidazole rings is 1. The molecule has 2 aromatic rings. The zero-order valence-electron chi connectivity index (χ0n) is 8.68. The molecule has 2 rings (SSSR count). The molecule has 2 heterocycles. The maximum Gasteiger partial charge on any atom is 0.221 e. The van der Waals surface area contributed by atoms with Crippen LogP contribution in [0.5, 0.6) is 0 Å². The van der Waals surface area contributed by atoms with E-state index in [-0.39, 0.29) is 5.95 Å². The predicted molar refractivity (Wildman–Crippen MR) is 64.7 cm³/mol. The summed E-state index contributed by atoms with van der Waals surface area (Å²) in [7, 11) is 1.94. The fourth-order valence-electron chi connectivity index (χ4n) is 1.23. The summed E-state index contributed by atoms with van der Waals surface area (Å²) in [5.41, 5.74) is 5.50. The summed E-state index contributed by atoms with van der Waals surface area (Å²) < 4.78 is 2.71. The van der Waals surface area contributed by atoms with Crippen LogP contribution < -0.4 is 11.1 Å². The largest absolute Gasteiger partial charge is 0.368 e. The summed E-state index contributed by atoms with van der Waals surface area (Å²) in [6, 6.07) is 0. The van der Waals surface area contributed by atoms with Crippen LogP contribution in [-0.4, -0.2) is 19.5 Å². The molecule has 0 saturated carbocycles. The summed E-state index contributed by atoms with van der Waals surface area (Å²) in [6.45, 7) is 0.582. The molecule has 0 amide bonds. The molecule has 2 aromatic heterocycles. The van der Waals surface area contributed by atoms with Gasteiger partial charge in [0.05, 0.1) is 11.0 Å². The summed E-state index contributed by atoms with van der Waals surface area (Å²) in [5, 5.41) is 3.14. The Kier molecular flexibility index (Phi) is 3.04. The Bertz CT molecular complexity index is 494. The van der Waals surface area contributed by atoms with Crippen molar-refractivity contribution in [1.82, 2.24) is 19.5 Å². The fourth-order valence-corrected chi connectivity index (χ4v) is 1.57. The minimum Gasteiger partial charge on any atom is -0.368 e. The van der Waals surface area contributed by atoms with E-state index in [1.807, 2.05) is 17.8 Å². The van der Waals surface area contributed by atoms with E-state index >= 15 is 0 Å². The molecule has 0 aromatic carbocycles. The number of nitrogens with one attached hydrogen (secondary N) is 1. The van der Waals surface area contributed by atoms with Gasteiger partial charge in [-0.1, -0.05) is 0 Å². The molecule has 0 fully saturated rings. The Morgan fingerprint density at radius 1 is 1.50 bits per heavy atom. The van der Waals surface area contributed by atoms with Crippen LogP contribution in [0.1, 0.15) is 5.82 Å². The molecular weight excluding hydrogens is 272 g/mol. The lowest BCUT2D eigenvalue weighted by atomic mass is 10.5. The van der Waals surface area contributed by atoms with E-state index in [9.17, 15) is 0 Å². The van der Waals surface area contributed by atoms with E-state index in [1.54, 1.807) is 12.4 Å². The maximum atomic E-state index is 5.50. The monoisotopic (exact) mass is 282 g/mol. The van der Waals surface area contributed by atoms with Gasteiger partial charge in [0.2, 0.25) is 5.95 Å². The van der Waals surface area contributed by atoms with Crippen LogP contribution >= 0.6 is 15.9 Å². The first-order chi connectivity index (χ1) is 7.66. The number of nitrogens with zero attached hydrogens (tertiary/aromatic N) is 4. The Balaban J connectivity index is 2.10. The minimum absolute atomic E-state index is 0.241. The molecule has 0 saturated heterocycles. The lowest BCUT2D eigenvalue weighted by Crippen LogP contribution is -2.08. The third-order valence-electron chi connectivity index (χ3n) is 2.10. The van der Waals surface area contributed by atoms with Gasteiger partial charge in [-0.3, -0.25) is 0 Å². The number of aryl methyl sites for hydroxylation is 1. The highest BCUT2D eigenvalue weighted by molar-refractivity contribution is 9.10. The molecule has 0 unspecified atom stereocenters. The van der Waals surface area contributed by atoms with Gasteiger partial charge in [0.25, 0.3) is 0 Å². The molecule has 6 nitrogen and oxygen atoms in total. The highest BCUT2D eigenvalue weighted by Crippen LogP contribution is 2.19. The van der Waals surface area contributed by atoms with Crippen LogP contribution in [0, 0.1) is 0 Å². The lowest BCUT2D eigenvalue weighted by molar-refractivity contribution is 0.810. The number of halogens is 1. The van der Waals surface area contributed by atoms with Crippen molar-refractivity contribution in [2.45, 2.75) is 6.54 Å². The van der Waals surface area contributed by atoms with Crippen molar-refractivity contribution in [3.05, 3.63) is 28.9 Å². The van der Waals surface area contributed by atoms with Gasteiger partial charge in [-0.25, -0.2) is 9.97 Å². The Hall–Kier alpha value is -1.63. The van der Waals surface area contributed by atoms with Crippen LogP contribution in [0.2, 0.25) is 0 Å². The topological polar surface area (TPSA) is 81.7 Å². The van der Waals surface area contributed by atoms with Gasteiger partial charge in [0.1, 0.15) is 11.6 Å². The third kappa shape index (κ3) is 2.30. The quantitative estimate of drug-likeness (QED) is 0.883. The number of anilines is 2. The molecule has 16 heavy (non-hydrogen) atoms. The van der Waals surface area contributed by atoms with E-state index in [1.165, 1.54) is 0 Å². The van der Waals surface area contributed by atoms with Crippen molar-refractivity contribution < 1.29 is 0 Å². The molecule has 0 atom stereocenters. The average molecular weight is 283 g/mol. The number of hydrogen-bond donors (Lipinski definition) is 2. The van der Waals surface area contributed by atoms with Crippen LogP contribution in [0.15, 0.2) is 23.1 Å². The molecule has 0 spiro atoms. The van der Waals surface area contributed by atoms with E-state index in [2.05, 4.69) is 36.2 Å². The highest BCUT2D eigenvalue weighted by atomic mass is 79.9. The minimum atomic E-state index is 0.241. The smallest absolute Gasteiger partial charge is 0.221 e. The van der Waals surface area contributed by atoms with Crippen molar-refractivity contribution in [3.8, 4) is 0 Å². The number of nitrogen functional groups attached to an aromatic ring is 1. The van der Waals surface area contributed by atoms with Crippen LogP contribution in [0.3, 0.4) is 0 Å². The van der Waals surface area contributed by atoms with E-state index in [0.717, 1.165) is 10.3 Å². The van der Waals surface area contributed by atoms with Gasteiger partial charge >= 0.3 is 0 Å². The highest BCUT2D eigenvalue weighted by Gasteiger charge is 2.04. The predicted octanol–water partition coefficient (Wildman–Crippen LogP) is 1.17. The zero-order valence-corrected chi connectivity index (χ0v) is 10.3. The van der Waals surface area contributed by atoms with Crippen molar-refractivity contribution in [1.29, 1.82) is 0 Å². The lowest BCUT2D eigenvalue weighted by Gasteiger charge is -2.07. The molecule has 0 bridgehead atoms. The Morgan fingerprint density at radius 3 is 3.00 bits per heavy atom. The third-order valence-corrected chi connectivity index (χ3v) is 2.68. The maximum absolute atomic E-state index is 5.50. The van der Waals surface area contributed by atoms with Crippen molar-refractivity contribution in [2.75, 3.05) is 11.1 Å². The van der Waals surface area contributed by atoms with Gasteiger partial charge in [0, 0.05) is 25.6 Å². The average Bonchev–Trinajstić information content (AvgIpc) is 2.66. The van der Waals surface area contributed by atoms with E-state index in [4.69, 9.17) is 5.73 Å². The summed E-state index contributed by atoms with van der Waals surface area (Å²) in [5.74, 6) is 1.82. The van der Waals surface area contributed by atoms with Gasteiger partial charge in [0.15, 0.2) is 0 Å². The summed E-state index contributed by atoms with van der Waals surface area (Å²) in [6.07, 6.45) is 5.25. The van der Waals surface area contributed by atoms with Gasteiger partial charge in [-0.2, -0.15) is 4.98 Å². The Labute approximate surface area is 101 Å². The molecule has 0 aliphatic carbocycles. The van der Waals surface area contributed by atoms with Crippen LogP contribution in [0.4, 0.5) is 11.8 Å². The fraction of sp³-hybridized carbons (Fsp3) is 0.222. The standard InChI is InChI=1S/C9H11BrN6/c1-16-3-2-12-7(16)5-13-8-6(10)4-14-9(11)15-8/h2-4H,5H2,1H3,(H3,11,13,14,15). The second-order valence-electron chi connectivity index (χ2n) is 3.23. The number of nitrogens with two attached hydrogens (primary N) is 1.